The van der Waals surface area contributed by atoms with Gasteiger partial charge in [0.05, 0.1) is 12.7 Å². The van der Waals surface area contributed by atoms with Crippen molar-refractivity contribution in [2.75, 3.05) is 19.7 Å². The van der Waals surface area contributed by atoms with E-state index >= 15 is 0 Å². The molecular formula is C11H15NO. The molecule has 0 spiro atoms. The summed E-state index contributed by atoms with van der Waals surface area (Å²) in [5, 5.41) is 3.33. The van der Waals surface area contributed by atoms with Crippen molar-refractivity contribution in [1.29, 1.82) is 0 Å². The summed E-state index contributed by atoms with van der Waals surface area (Å²) in [6.45, 7) is 2.82. The molecule has 2 heteroatoms. The van der Waals surface area contributed by atoms with E-state index in [1.54, 1.807) is 0 Å². The second-order valence-electron chi connectivity index (χ2n) is 3.39. The zero-order chi connectivity index (χ0) is 8.93. The second-order valence-corrected chi connectivity index (χ2v) is 3.39. The molecular weight excluding hydrogens is 162 g/mol. The van der Waals surface area contributed by atoms with Crippen molar-refractivity contribution in [3.05, 3.63) is 35.9 Å². The van der Waals surface area contributed by atoms with E-state index < -0.39 is 0 Å². The molecule has 70 valence electrons. The van der Waals surface area contributed by atoms with Gasteiger partial charge in [-0.3, -0.25) is 0 Å². The summed E-state index contributed by atoms with van der Waals surface area (Å²) < 4.78 is 5.62. The van der Waals surface area contributed by atoms with Crippen LogP contribution in [0.4, 0.5) is 0 Å². The highest BCUT2D eigenvalue weighted by molar-refractivity contribution is 5.15. The van der Waals surface area contributed by atoms with Gasteiger partial charge in [0.15, 0.2) is 0 Å². The highest BCUT2D eigenvalue weighted by Gasteiger charge is 2.12. The van der Waals surface area contributed by atoms with E-state index in [9.17, 15) is 0 Å². The Balaban J connectivity index is 1.90. The van der Waals surface area contributed by atoms with Gasteiger partial charge in [0.1, 0.15) is 0 Å². The van der Waals surface area contributed by atoms with Crippen LogP contribution in [-0.4, -0.2) is 25.8 Å². The molecule has 0 saturated carbocycles. The van der Waals surface area contributed by atoms with Crippen LogP contribution in [0.2, 0.25) is 0 Å². The standard InChI is InChI=1S/C11H15NO/c1-2-4-10(5-3-1)8-11-9-12-6-7-13-11/h1-5,11-12H,6-9H2/t11-/m0/s1. The predicted molar refractivity (Wildman–Crippen MR) is 52.8 cm³/mol. The molecule has 0 unspecified atom stereocenters. The zero-order valence-corrected chi connectivity index (χ0v) is 7.70. The molecule has 1 N–H and O–H groups in total. The van der Waals surface area contributed by atoms with Gasteiger partial charge in [0.2, 0.25) is 0 Å². The maximum atomic E-state index is 5.62. The van der Waals surface area contributed by atoms with Gasteiger partial charge in [-0.05, 0) is 12.0 Å². The first kappa shape index (κ1) is 8.73. The van der Waals surface area contributed by atoms with Gasteiger partial charge in [0.25, 0.3) is 0 Å². The Bertz CT molecular complexity index is 242. The lowest BCUT2D eigenvalue weighted by Crippen LogP contribution is -2.39. The van der Waals surface area contributed by atoms with Crippen molar-refractivity contribution in [3.8, 4) is 0 Å². The van der Waals surface area contributed by atoms with E-state index in [2.05, 4.69) is 29.6 Å². The van der Waals surface area contributed by atoms with Crippen molar-refractivity contribution in [2.24, 2.45) is 0 Å². The maximum Gasteiger partial charge on any atom is 0.0740 e. The molecule has 1 aromatic rings. The van der Waals surface area contributed by atoms with Crippen molar-refractivity contribution in [1.82, 2.24) is 5.32 Å². The summed E-state index contributed by atoms with van der Waals surface area (Å²) in [5.74, 6) is 0. The van der Waals surface area contributed by atoms with Crippen LogP contribution in [0, 0.1) is 0 Å². The molecule has 1 saturated heterocycles. The van der Waals surface area contributed by atoms with Gasteiger partial charge in [-0.1, -0.05) is 30.3 Å². The number of benzene rings is 1. The molecule has 13 heavy (non-hydrogen) atoms. The molecule has 0 amide bonds. The predicted octanol–water partition coefficient (Wildman–Crippen LogP) is 1.22. The summed E-state index contributed by atoms with van der Waals surface area (Å²) >= 11 is 0. The lowest BCUT2D eigenvalue weighted by molar-refractivity contribution is 0.0292. The van der Waals surface area contributed by atoms with Crippen LogP contribution in [0.15, 0.2) is 30.3 Å². The molecule has 0 aromatic heterocycles. The normalized spacial score (nSPS) is 22.9. The first-order valence-electron chi connectivity index (χ1n) is 4.81. The molecule has 2 rings (SSSR count). The smallest absolute Gasteiger partial charge is 0.0740 e. The summed E-state index contributed by atoms with van der Waals surface area (Å²) in [4.78, 5) is 0. The van der Waals surface area contributed by atoms with Gasteiger partial charge < -0.3 is 10.1 Å². The highest BCUT2D eigenvalue weighted by Crippen LogP contribution is 2.06. The molecule has 2 nitrogen and oxygen atoms in total. The number of ether oxygens (including phenoxy) is 1. The molecule has 0 aliphatic carbocycles. The number of nitrogens with one attached hydrogen (secondary N) is 1. The van der Waals surface area contributed by atoms with Gasteiger partial charge in [-0.25, -0.2) is 0 Å². The lowest BCUT2D eigenvalue weighted by Gasteiger charge is -2.23. The Kier molecular flexibility index (Phi) is 2.95. The largest absolute Gasteiger partial charge is 0.375 e. The first-order chi connectivity index (χ1) is 6.45. The molecule has 1 atom stereocenters. The minimum atomic E-state index is 0.358. The van der Waals surface area contributed by atoms with Crippen LogP contribution in [0.5, 0.6) is 0 Å². The van der Waals surface area contributed by atoms with Crippen molar-refractivity contribution in [2.45, 2.75) is 12.5 Å². The average Bonchev–Trinajstić information content (AvgIpc) is 2.21. The molecule has 1 aliphatic heterocycles. The lowest BCUT2D eigenvalue weighted by atomic mass is 10.1. The van der Waals surface area contributed by atoms with Crippen LogP contribution in [0.1, 0.15) is 5.56 Å². The number of rotatable bonds is 2. The molecule has 0 bridgehead atoms. The minimum absolute atomic E-state index is 0.358. The average molecular weight is 177 g/mol. The van der Waals surface area contributed by atoms with E-state index in [1.807, 2.05) is 6.07 Å². The first-order valence-corrected chi connectivity index (χ1v) is 4.81. The maximum absolute atomic E-state index is 5.62. The number of hydrogen-bond acceptors (Lipinski definition) is 2. The van der Waals surface area contributed by atoms with Gasteiger partial charge in [0, 0.05) is 13.1 Å². The van der Waals surface area contributed by atoms with Gasteiger partial charge >= 0.3 is 0 Å². The van der Waals surface area contributed by atoms with Crippen LogP contribution >= 0.6 is 0 Å². The second kappa shape index (κ2) is 4.40. The van der Waals surface area contributed by atoms with Crippen molar-refractivity contribution in [3.63, 3.8) is 0 Å². The fourth-order valence-electron chi connectivity index (χ4n) is 1.63. The third kappa shape index (κ3) is 2.54. The van der Waals surface area contributed by atoms with E-state index in [-0.39, 0.29) is 0 Å². The molecule has 1 aliphatic rings. The van der Waals surface area contributed by atoms with E-state index in [0.717, 1.165) is 26.1 Å². The SMILES string of the molecule is c1ccc(C[C@H]2CNCCO2)cc1. The third-order valence-corrected chi connectivity index (χ3v) is 2.31. The van der Waals surface area contributed by atoms with E-state index in [0.29, 0.717) is 6.10 Å². The quantitative estimate of drug-likeness (QED) is 0.733. The monoisotopic (exact) mass is 177 g/mol. The third-order valence-electron chi connectivity index (χ3n) is 2.31. The molecule has 1 fully saturated rings. The van der Waals surface area contributed by atoms with Crippen LogP contribution in [0.3, 0.4) is 0 Å². The number of hydrogen-bond donors (Lipinski definition) is 1. The van der Waals surface area contributed by atoms with Crippen LogP contribution < -0.4 is 5.32 Å². The summed E-state index contributed by atoms with van der Waals surface area (Å²) in [7, 11) is 0. The highest BCUT2D eigenvalue weighted by atomic mass is 16.5. The topological polar surface area (TPSA) is 21.3 Å². The van der Waals surface area contributed by atoms with Gasteiger partial charge in [-0.2, -0.15) is 0 Å². The van der Waals surface area contributed by atoms with Crippen molar-refractivity contribution >= 4 is 0 Å². The fraction of sp³-hybridized carbons (Fsp3) is 0.455. The zero-order valence-electron chi connectivity index (χ0n) is 7.70. The molecule has 1 aromatic carbocycles. The number of morpholine rings is 1. The summed E-state index contributed by atoms with van der Waals surface area (Å²) in [6, 6.07) is 10.5. The fourth-order valence-corrected chi connectivity index (χ4v) is 1.63. The van der Waals surface area contributed by atoms with Crippen LogP contribution in [0.25, 0.3) is 0 Å². The Morgan fingerprint density at radius 2 is 2.15 bits per heavy atom. The Morgan fingerprint density at radius 1 is 1.31 bits per heavy atom. The van der Waals surface area contributed by atoms with E-state index in [4.69, 9.17) is 4.74 Å². The Morgan fingerprint density at radius 3 is 2.85 bits per heavy atom. The minimum Gasteiger partial charge on any atom is -0.375 e. The van der Waals surface area contributed by atoms with E-state index in [1.165, 1.54) is 5.56 Å². The summed E-state index contributed by atoms with van der Waals surface area (Å²) in [5.41, 5.74) is 1.36. The molecule has 0 radical (unpaired) electrons. The van der Waals surface area contributed by atoms with Crippen molar-refractivity contribution < 1.29 is 4.74 Å². The van der Waals surface area contributed by atoms with Gasteiger partial charge in [-0.15, -0.1) is 0 Å². The Labute approximate surface area is 78.9 Å². The summed E-state index contributed by atoms with van der Waals surface area (Å²) in [6.07, 6.45) is 1.38. The molecule has 1 heterocycles. The van der Waals surface area contributed by atoms with Crippen LogP contribution in [-0.2, 0) is 11.2 Å². The Hall–Kier alpha value is -0.860.